The summed E-state index contributed by atoms with van der Waals surface area (Å²) in [6, 6.07) is 2.92. The molecule has 0 N–H and O–H groups in total. The van der Waals surface area contributed by atoms with Crippen LogP contribution in [0.3, 0.4) is 0 Å². The summed E-state index contributed by atoms with van der Waals surface area (Å²) >= 11 is 0. The minimum Gasteiger partial charge on any atom is -0.294 e. The van der Waals surface area contributed by atoms with Crippen molar-refractivity contribution < 1.29 is 10.3 Å². The highest BCUT2D eigenvalue weighted by atomic mass is 16.1. The van der Waals surface area contributed by atoms with Crippen LogP contribution >= 0.6 is 0 Å². The van der Waals surface area contributed by atoms with Crippen LogP contribution in [0, 0.1) is 0 Å². The lowest BCUT2D eigenvalue weighted by Gasteiger charge is -1.95. The van der Waals surface area contributed by atoms with E-state index in [-0.39, 0.29) is 5.56 Å². The molecule has 0 fully saturated rings. The summed E-state index contributed by atoms with van der Waals surface area (Å²) in [5.74, 6) is -0.886. The molecule has 2 nitrogen and oxygen atoms in total. The molecule has 0 aliphatic carbocycles. The first-order valence-electron chi connectivity index (χ1n) is 5.21. The summed E-state index contributed by atoms with van der Waals surface area (Å²) in [5, 5.41) is 0. The molecular formula is C9H11NO. The van der Waals surface area contributed by atoms with Crippen LogP contribution in [0.1, 0.15) is 35.5 Å². The molecule has 0 radical (unpaired) electrons. The predicted molar refractivity (Wildman–Crippen MR) is 43.5 cm³/mol. The molecule has 0 aromatic carbocycles. The van der Waals surface area contributed by atoms with Crippen molar-refractivity contribution in [2.45, 2.75) is 19.7 Å². The summed E-state index contributed by atoms with van der Waals surface area (Å²) < 4.78 is 29.4. The van der Waals surface area contributed by atoms with Crippen LogP contribution in [-0.2, 0) is 0 Å². The summed E-state index contributed by atoms with van der Waals surface area (Å²) in [6.45, 7) is 1.04. The molecule has 2 heteroatoms. The summed E-state index contributed by atoms with van der Waals surface area (Å²) in [4.78, 5) is 15.3. The van der Waals surface area contributed by atoms with E-state index in [2.05, 4.69) is 4.98 Å². The van der Waals surface area contributed by atoms with Gasteiger partial charge in [-0.2, -0.15) is 0 Å². The zero-order chi connectivity index (χ0) is 11.7. The van der Waals surface area contributed by atoms with E-state index in [0.717, 1.165) is 6.92 Å². The van der Waals surface area contributed by atoms with Crippen LogP contribution in [0.2, 0.25) is 0 Å². The van der Waals surface area contributed by atoms with Gasteiger partial charge in [0.1, 0.15) is 0 Å². The fraction of sp³-hybridized carbons (Fsp3) is 0.333. The Morgan fingerprint density at radius 3 is 3.18 bits per heavy atom. The Bertz CT molecular complexity index is 358. The van der Waals surface area contributed by atoms with Crippen molar-refractivity contribution in [3.8, 4) is 0 Å². The molecule has 0 spiro atoms. The molecule has 0 atom stereocenters. The number of nitrogens with zero attached hydrogens (tertiary/aromatic N) is 1. The second-order valence-electron chi connectivity index (χ2n) is 1.95. The Morgan fingerprint density at radius 2 is 2.64 bits per heavy atom. The molecule has 0 bridgehead atoms. The number of aromatic nitrogens is 1. The molecule has 1 rings (SSSR count). The van der Waals surface area contributed by atoms with Crippen molar-refractivity contribution >= 4 is 5.78 Å². The summed E-state index contributed by atoms with van der Waals surface area (Å²) in [5.41, 5.74) is 0.0771. The number of carbonyl (C=O) groups is 1. The van der Waals surface area contributed by atoms with Gasteiger partial charge in [-0.1, -0.05) is 6.92 Å². The molecule has 11 heavy (non-hydrogen) atoms. The lowest BCUT2D eigenvalue weighted by atomic mass is 10.1. The van der Waals surface area contributed by atoms with Crippen molar-refractivity contribution in [2.24, 2.45) is 0 Å². The van der Waals surface area contributed by atoms with Crippen molar-refractivity contribution in [1.82, 2.24) is 4.98 Å². The van der Waals surface area contributed by atoms with Crippen LogP contribution in [0.5, 0.6) is 0 Å². The average Bonchev–Trinajstić information content (AvgIpc) is 2.16. The van der Waals surface area contributed by atoms with Crippen molar-refractivity contribution in [3.63, 3.8) is 0 Å². The molecule has 0 aliphatic heterocycles. The Hall–Kier alpha value is -1.18. The quantitative estimate of drug-likeness (QED) is 0.622. The largest absolute Gasteiger partial charge is 0.294 e. The molecule has 1 heterocycles. The maximum Gasteiger partial charge on any atom is 0.164 e. The van der Waals surface area contributed by atoms with Gasteiger partial charge in [-0.3, -0.25) is 9.78 Å². The van der Waals surface area contributed by atoms with Gasteiger partial charge in [0.15, 0.2) is 5.78 Å². The first-order chi connectivity index (χ1) is 6.77. The van der Waals surface area contributed by atoms with Crippen LogP contribution in [-0.4, -0.2) is 10.8 Å². The van der Waals surface area contributed by atoms with Gasteiger partial charge in [0.2, 0.25) is 0 Å². The minimum absolute atomic E-state index is 0.0771. The van der Waals surface area contributed by atoms with E-state index in [9.17, 15) is 4.79 Å². The van der Waals surface area contributed by atoms with Crippen molar-refractivity contribution in [1.29, 1.82) is 0 Å². The Labute approximate surface area is 71.9 Å². The van der Waals surface area contributed by atoms with Gasteiger partial charge in [-0.15, -0.1) is 0 Å². The molecule has 0 amide bonds. The van der Waals surface area contributed by atoms with Crippen LogP contribution < -0.4 is 0 Å². The highest BCUT2D eigenvalue weighted by molar-refractivity contribution is 5.95. The molecule has 58 valence electrons. The van der Waals surface area contributed by atoms with Crippen molar-refractivity contribution in [2.75, 3.05) is 0 Å². The monoisotopic (exact) mass is 153 g/mol. The molecule has 0 saturated heterocycles. The van der Waals surface area contributed by atoms with Gasteiger partial charge >= 0.3 is 0 Å². The highest BCUT2D eigenvalue weighted by Crippen LogP contribution is 2.02. The molecule has 0 unspecified atom stereocenters. The third-order valence-electron chi connectivity index (χ3n) is 1.16. The molecular weight excluding hydrogens is 138 g/mol. The molecule has 1 aromatic heterocycles. The van der Waals surface area contributed by atoms with Gasteiger partial charge in [0.25, 0.3) is 0 Å². The van der Waals surface area contributed by atoms with Crippen LogP contribution in [0.4, 0.5) is 0 Å². The van der Waals surface area contributed by atoms with E-state index >= 15 is 0 Å². The first kappa shape index (κ1) is 4.00. The van der Waals surface area contributed by atoms with E-state index in [1.807, 2.05) is 0 Å². The van der Waals surface area contributed by atoms with Crippen LogP contribution in [0.15, 0.2) is 24.5 Å². The average molecular weight is 153 g/mol. The smallest absolute Gasteiger partial charge is 0.164 e. The van der Waals surface area contributed by atoms with E-state index in [0.29, 0.717) is 0 Å². The number of hydrogen-bond donors (Lipinski definition) is 0. The van der Waals surface area contributed by atoms with Gasteiger partial charge in [-0.05, 0) is 18.5 Å². The Morgan fingerprint density at radius 1 is 1.82 bits per heavy atom. The molecule has 0 saturated carbocycles. The second-order valence-corrected chi connectivity index (χ2v) is 1.95. The fourth-order valence-corrected chi connectivity index (χ4v) is 0.683. The minimum atomic E-state index is -2.55. The first-order valence-corrected chi connectivity index (χ1v) is 3.21. The SMILES string of the molecule is [2H]C([2H])(C)C([2H])([2H])C(=O)c1cccnc1. The summed E-state index contributed by atoms with van der Waals surface area (Å²) in [6.07, 6.45) is -2.07. The number of hydrogen-bond acceptors (Lipinski definition) is 2. The van der Waals surface area contributed by atoms with Gasteiger partial charge in [0.05, 0.1) is 0 Å². The second kappa shape index (κ2) is 3.86. The van der Waals surface area contributed by atoms with Gasteiger partial charge in [-0.25, -0.2) is 0 Å². The number of ketones is 1. The predicted octanol–water partition coefficient (Wildman–Crippen LogP) is 2.06. The van der Waals surface area contributed by atoms with E-state index in [1.54, 1.807) is 0 Å². The van der Waals surface area contributed by atoms with Gasteiger partial charge < -0.3 is 0 Å². The maximum absolute atomic E-state index is 11.7. The molecule has 1 aromatic rings. The standard InChI is InChI=1S/C9H11NO/c1-2-4-9(11)8-5-3-6-10-7-8/h3,5-7H,2,4H2,1H3/i2D2,4D2. The Kier molecular flexibility index (Phi) is 1.40. The Balaban J connectivity index is 3.06. The zero-order valence-electron chi connectivity index (χ0n) is 10.2. The topological polar surface area (TPSA) is 30.0 Å². The van der Waals surface area contributed by atoms with E-state index in [1.165, 1.54) is 24.5 Å². The number of Topliss-reactive ketones (excluding diaryl/α,β-unsaturated/α-hetero) is 1. The maximum atomic E-state index is 11.7. The zero-order valence-corrected chi connectivity index (χ0v) is 6.16. The van der Waals surface area contributed by atoms with E-state index in [4.69, 9.17) is 5.48 Å². The lowest BCUT2D eigenvalue weighted by molar-refractivity contribution is 0.0981. The van der Waals surface area contributed by atoms with Gasteiger partial charge in [0, 0.05) is 29.8 Å². The fourth-order valence-electron chi connectivity index (χ4n) is 0.683. The number of pyridine rings is 1. The third kappa shape index (κ3) is 2.15. The summed E-state index contributed by atoms with van der Waals surface area (Å²) in [7, 11) is 0. The normalized spacial score (nSPS) is 17.5. The number of rotatable bonds is 3. The van der Waals surface area contributed by atoms with E-state index < -0.39 is 18.5 Å². The van der Waals surface area contributed by atoms with Crippen LogP contribution in [0.25, 0.3) is 0 Å². The number of carbonyl (C=O) groups excluding carboxylic acids is 1. The highest BCUT2D eigenvalue weighted by Gasteiger charge is 2.01. The van der Waals surface area contributed by atoms with Crippen molar-refractivity contribution in [3.05, 3.63) is 30.1 Å². The molecule has 0 aliphatic rings. The third-order valence-corrected chi connectivity index (χ3v) is 1.16. The lowest BCUT2D eigenvalue weighted by Crippen LogP contribution is -1.97.